The summed E-state index contributed by atoms with van der Waals surface area (Å²) < 4.78 is 6.32. The SMILES string of the molecule is O=C(O)c1cc(Br)ccc1OCCCCc1ccccc1. The molecule has 0 aliphatic rings. The monoisotopic (exact) mass is 348 g/mol. The van der Waals surface area contributed by atoms with Gasteiger partial charge >= 0.3 is 5.97 Å². The lowest BCUT2D eigenvalue weighted by molar-refractivity contribution is 0.0692. The summed E-state index contributed by atoms with van der Waals surface area (Å²) in [7, 11) is 0. The minimum absolute atomic E-state index is 0.187. The molecule has 0 unspecified atom stereocenters. The van der Waals surface area contributed by atoms with Gasteiger partial charge in [-0.3, -0.25) is 0 Å². The van der Waals surface area contributed by atoms with Gasteiger partial charge in [-0.15, -0.1) is 0 Å². The molecule has 21 heavy (non-hydrogen) atoms. The second-order valence-electron chi connectivity index (χ2n) is 4.74. The molecule has 2 aromatic rings. The number of rotatable bonds is 7. The largest absolute Gasteiger partial charge is 0.493 e. The van der Waals surface area contributed by atoms with E-state index in [-0.39, 0.29) is 5.56 Å². The van der Waals surface area contributed by atoms with Gasteiger partial charge in [-0.2, -0.15) is 0 Å². The Morgan fingerprint density at radius 3 is 2.57 bits per heavy atom. The van der Waals surface area contributed by atoms with E-state index in [1.807, 2.05) is 18.2 Å². The minimum Gasteiger partial charge on any atom is -0.493 e. The number of ether oxygens (including phenoxy) is 1. The predicted molar refractivity (Wildman–Crippen MR) is 86.0 cm³/mol. The van der Waals surface area contributed by atoms with Gasteiger partial charge in [0.25, 0.3) is 0 Å². The van der Waals surface area contributed by atoms with E-state index in [0.717, 1.165) is 23.7 Å². The molecule has 3 nitrogen and oxygen atoms in total. The zero-order valence-corrected chi connectivity index (χ0v) is 13.2. The van der Waals surface area contributed by atoms with Gasteiger partial charge in [0.1, 0.15) is 11.3 Å². The first-order valence-electron chi connectivity index (χ1n) is 6.86. The highest BCUT2D eigenvalue weighted by atomic mass is 79.9. The van der Waals surface area contributed by atoms with Gasteiger partial charge in [-0.05, 0) is 43.0 Å². The maximum atomic E-state index is 11.1. The lowest BCUT2D eigenvalue weighted by atomic mass is 10.1. The molecule has 0 radical (unpaired) electrons. The summed E-state index contributed by atoms with van der Waals surface area (Å²) in [6.45, 7) is 0.523. The maximum Gasteiger partial charge on any atom is 0.339 e. The van der Waals surface area contributed by atoms with Gasteiger partial charge in [0, 0.05) is 4.47 Å². The summed E-state index contributed by atoms with van der Waals surface area (Å²) in [5.41, 5.74) is 1.50. The fraction of sp³-hybridized carbons (Fsp3) is 0.235. The van der Waals surface area contributed by atoms with Crippen LogP contribution in [0, 0.1) is 0 Å². The molecule has 0 saturated carbocycles. The van der Waals surface area contributed by atoms with Gasteiger partial charge in [-0.25, -0.2) is 4.79 Å². The number of hydrogen-bond donors (Lipinski definition) is 1. The van der Waals surface area contributed by atoms with Crippen molar-refractivity contribution in [2.75, 3.05) is 6.61 Å². The van der Waals surface area contributed by atoms with E-state index >= 15 is 0 Å². The number of benzene rings is 2. The number of carbonyl (C=O) groups is 1. The Labute approximate surface area is 132 Å². The van der Waals surface area contributed by atoms with Crippen LogP contribution in [-0.2, 0) is 6.42 Å². The van der Waals surface area contributed by atoms with Gasteiger partial charge in [0.15, 0.2) is 0 Å². The highest BCUT2D eigenvalue weighted by Crippen LogP contribution is 2.23. The number of unbranched alkanes of at least 4 members (excludes halogenated alkanes) is 1. The molecule has 0 heterocycles. The van der Waals surface area contributed by atoms with E-state index in [9.17, 15) is 4.79 Å². The van der Waals surface area contributed by atoms with Crippen molar-refractivity contribution in [1.82, 2.24) is 0 Å². The number of carboxylic acid groups (broad SMARTS) is 1. The summed E-state index contributed by atoms with van der Waals surface area (Å²) in [4.78, 5) is 11.1. The highest BCUT2D eigenvalue weighted by molar-refractivity contribution is 9.10. The van der Waals surface area contributed by atoms with Crippen LogP contribution in [0.2, 0.25) is 0 Å². The number of aromatic carboxylic acids is 1. The van der Waals surface area contributed by atoms with Crippen LogP contribution in [0.3, 0.4) is 0 Å². The zero-order valence-electron chi connectivity index (χ0n) is 11.6. The molecule has 2 aromatic carbocycles. The van der Waals surface area contributed by atoms with Crippen LogP contribution >= 0.6 is 15.9 Å². The van der Waals surface area contributed by atoms with E-state index in [4.69, 9.17) is 9.84 Å². The Balaban J connectivity index is 1.80. The van der Waals surface area contributed by atoms with Crippen molar-refractivity contribution in [3.05, 3.63) is 64.1 Å². The van der Waals surface area contributed by atoms with E-state index in [2.05, 4.69) is 28.1 Å². The molecule has 4 heteroatoms. The molecular formula is C17H17BrO3. The van der Waals surface area contributed by atoms with Crippen molar-refractivity contribution in [3.63, 3.8) is 0 Å². The van der Waals surface area contributed by atoms with Crippen molar-refractivity contribution in [1.29, 1.82) is 0 Å². The van der Waals surface area contributed by atoms with E-state index in [1.54, 1.807) is 18.2 Å². The lowest BCUT2D eigenvalue weighted by Crippen LogP contribution is -2.05. The molecule has 0 spiro atoms. The smallest absolute Gasteiger partial charge is 0.339 e. The fourth-order valence-electron chi connectivity index (χ4n) is 2.05. The highest BCUT2D eigenvalue weighted by Gasteiger charge is 2.11. The third-order valence-electron chi connectivity index (χ3n) is 3.13. The number of halogens is 1. The number of carboxylic acids is 1. The third kappa shape index (κ3) is 4.90. The third-order valence-corrected chi connectivity index (χ3v) is 3.63. The zero-order chi connectivity index (χ0) is 15.1. The molecule has 0 atom stereocenters. The first-order valence-corrected chi connectivity index (χ1v) is 7.65. The predicted octanol–water partition coefficient (Wildman–Crippen LogP) is 4.55. The average molecular weight is 349 g/mol. The first kappa shape index (κ1) is 15.6. The quantitative estimate of drug-likeness (QED) is 0.746. The van der Waals surface area contributed by atoms with Gasteiger partial charge in [0.05, 0.1) is 6.61 Å². The standard InChI is InChI=1S/C17H17BrO3/c18-14-9-10-16(15(12-14)17(19)20)21-11-5-4-8-13-6-2-1-3-7-13/h1-3,6-7,9-10,12H,4-5,8,11H2,(H,19,20). The van der Waals surface area contributed by atoms with Gasteiger partial charge in [-0.1, -0.05) is 46.3 Å². The molecular weight excluding hydrogens is 332 g/mol. The Kier molecular flexibility index (Phi) is 5.81. The summed E-state index contributed by atoms with van der Waals surface area (Å²) >= 11 is 3.26. The minimum atomic E-state index is -0.976. The average Bonchev–Trinajstić information content (AvgIpc) is 2.49. The molecule has 0 amide bonds. The van der Waals surface area contributed by atoms with Crippen LogP contribution in [0.1, 0.15) is 28.8 Å². The van der Waals surface area contributed by atoms with E-state index in [1.165, 1.54) is 5.56 Å². The number of aryl methyl sites for hydroxylation is 1. The molecule has 1 N–H and O–H groups in total. The van der Waals surface area contributed by atoms with E-state index in [0.29, 0.717) is 12.4 Å². The van der Waals surface area contributed by atoms with Crippen LogP contribution in [-0.4, -0.2) is 17.7 Å². The van der Waals surface area contributed by atoms with E-state index < -0.39 is 5.97 Å². The molecule has 0 bridgehead atoms. The lowest BCUT2D eigenvalue weighted by Gasteiger charge is -2.09. The van der Waals surface area contributed by atoms with Crippen LogP contribution < -0.4 is 4.74 Å². The van der Waals surface area contributed by atoms with Crippen molar-refractivity contribution < 1.29 is 14.6 Å². The Hall–Kier alpha value is -1.81. The summed E-state index contributed by atoms with van der Waals surface area (Å²) in [5, 5.41) is 9.14. The molecule has 0 fully saturated rings. The second kappa shape index (κ2) is 7.84. The maximum absolute atomic E-state index is 11.1. The van der Waals surface area contributed by atoms with Gasteiger partial charge in [0.2, 0.25) is 0 Å². The van der Waals surface area contributed by atoms with Crippen LogP contribution in [0.4, 0.5) is 0 Å². The Morgan fingerprint density at radius 2 is 1.86 bits per heavy atom. The summed E-state index contributed by atoms with van der Waals surface area (Å²) in [6, 6.07) is 15.3. The molecule has 0 aliphatic carbocycles. The van der Waals surface area contributed by atoms with Crippen molar-refractivity contribution in [2.24, 2.45) is 0 Å². The normalized spacial score (nSPS) is 10.3. The molecule has 0 aromatic heterocycles. The Bertz CT molecular complexity index is 596. The van der Waals surface area contributed by atoms with Gasteiger partial charge < -0.3 is 9.84 Å². The topological polar surface area (TPSA) is 46.5 Å². The Morgan fingerprint density at radius 1 is 1.10 bits per heavy atom. The van der Waals surface area contributed by atoms with Crippen LogP contribution in [0.25, 0.3) is 0 Å². The summed E-state index contributed by atoms with van der Waals surface area (Å²) in [5.74, 6) is -0.555. The van der Waals surface area contributed by atoms with Crippen molar-refractivity contribution >= 4 is 21.9 Å². The molecule has 0 saturated heterocycles. The number of hydrogen-bond acceptors (Lipinski definition) is 2. The fourth-order valence-corrected chi connectivity index (χ4v) is 2.41. The summed E-state index contributed by atoms with van der Waals surface area (Å²) in [6.07, 6.45) is 2.92. The molecule has 2 rings (SSSR count). The second-order valence-corrected chi connectivity index (χ2v) is 5.65. The van der Waals surface area contributed by atoms with Crippen LogP contribution in [0.5, 0.6) is 5.75 Å². The van der Waals surface area contributed by atoms with Crippen molar-refractivity contribution in [3.8, 4) is 5.75 Å². The molecule has 110 valence electrons. The first-order chi connectivity index (χ1) is 10.2. The van der Waals surface area contributed by atoms with Crippen LogP contribution in [0.15, 0.2) is 53.0 Å². The molecule has 0 aliphatic heterocycles. The van der Waals surface area contributed by atoms with Crippen molar-refractivity contribution in [2.45, 2.75) is 19.3 Å².